The molecule has 0 radical (unpaired) electrons. The number of nitriles is 1. The van der Waals surface area contributed by atoms with Crippen LogP contribution in [0.5, 0.6) is 11.5 Å². The molecule has 0 saturated heterocycles. The summed E-state index contributed by atoms with van der Waals surface area (Å²) in [5.41, 5.74) is 2.29. The molecule has 102 valence electrons. The molecule has 20 heavy (non-hydrogen) atoms. The maximum atomic E-state index is 8.83. The molecule has 1 aromatic heterocycles. The van der Waals surface area contributed by atoms with Crippen molar-refractivity contribution in [1.82, 2.24) is 4.98 Å². The summed E-state index contributed by atoms with van der Waals surface area (Å²) < 4.78 is 11.2. The number of benzene rings is 1. The molecular weight excluding hydrogens is 320 g/mol. The van der Waals surface area contributed by atoms with Crippen LogP contribution in [0.2, 0.25) is 0 Å². The van der Waals surface area contributed by atoms with Crippen LogP contribution in [0, 0.1) is 11.3 Å². The average Bonchev–Trinajstić information content (AvgIpc) is 2.52. The minimum Gasteiger partial charge on any atom is -0.493 e. The first-order chi connectivity index (χ1) is 9.78. The molecule has 2 rings (SSSR count). The first-order valence-corrected chi connectivity index (χ1v) is 7.10. The highest BCUT2D eigenvalue weighted by molar-refractivity contribution is 9.08. The first kappa shape index (κ1) is 14.4. The van der Waals surface area contributed by atoms with Crippen molar-refractivity contribution in [1.29, 1.82) is 5.26 Å². The molecule has 4 nitrogen and oxygen atoms in total. The fraction of sp³-hybridized carbons (Fsp3) is 0.200. The van der Waals surface area contributed by atoms with Gasteiger partial charge in [0.05, 0.1) is 7.11 Å². The summed E-state index contributed by atoms with van der Waals surface area (Å²) >= 11 is 3.43. The Bertz CT molecular complexity index is 616. The van der Waals surface area contributed by atoms with Gasteiger partial charge in [0.2, 0.25) is 0 Å². The van der Waals surface area contributed by atoms with Crippen molar-refractivity contribution >= 4 is 15.9 Å². The second-order valence-corrected chi connectivity index (χ2v) is 4.59. The smallest absolute Gasteiger partial charge is 0.165 e. The van der Waals surface area contributed by atoms with Gasteiger partial charge in [-0.1, -0.05) is 28.1 Å². The predicted octanol–water partition coefficient (Wildman–Crippen LogP) is 3.44. The molecule has 0 bridgehead atoms. The van der Waals surface area contributed by atoms with Gasteiger partial charge in [-0.25, -0.2) is 4.98 Å². The fourth-order valence-electron chi connectivity index (χ4n) is 1.77. The standard InChI is InChI=1S/C15H13BrN2O2/c1-19-14-4-2-3-12(8-16)15(14)20-10-11-5-6-18-13(7-11)9-17/h2-7H,8,10H2,1H3. The Morgan fingerprint density at radius 2 is 2.20 bits per heavy atom. The van der Waals surface area contributed by atoms with E-state index in [1.54, 1.807) is 19.4 Å². The van der Waals surface area contributed by atoms with Crippen molar-refractivity contribution in [2.45, 2.75) is 11.9 Å². The summed E-state index contributed by atoms with van der Waals surface area (Å²) in [5.74, 6) is 1.40. The number of aromatic nitrogens is 1. The molecule has 0 atom stereocenters. The molecule has 0 fully saturated rings. The highest BCUT2D eigenvalue weighted by Gasteiger charge is 2.10. The summed E-state index contributed by atoms with van der Waals surface area (Å²) in [5, 5.41) is 9.51. The maximum Gasteiger partial charge on any atom is 0.165 e. The zero-order valence-electron chi connectivity index (χ0n) is 11.0. The molecule has 5 heteroatoms. The van der Waals surface area contributed by atoms with Crippen molar-refractivity contribution in [3.8, 4) is 17.6 Å². The molecular formula is C15H13BrN2O2. The van der Waals surface area contributed by atoms with Crippen LogP contribution in [0.3, 0.4) is 0 Å². The lowest BCUT2D eigenvalue weighted by Crippen LogP contribution is -2.01. The number of halogens is 1. The molecule has 2 aromatic rings. The molecule has 0 aliphatic carbocycles. The van der Waals surface area contributed by atoms with Gasteiger partial charge in [-0.05, 0) is 23.8 Å². The zero-order valence-corrected chi connectivity index (χ0v) is 12.6. The normalized spacial score (nSPS) is 9.85. The Hall–Kier alpha value is -2.06. The first-order valence-electron chi connectivity index (χ1n) is 5.98. The largest absolute Gasteiger partial charge is 0.493 e. The average molecular weight is 333 g/mol. The van der Waals surface area contributed by atoms with Gasteiger partial charge in [-0.15, -0.1) is 0 Å². The third-order valence-corrected chi connectivity index (χ3v) is 3.35. The summed E-state index contributed by atoms with van der Waals surface area (Å²) in [6, 6.07) is 11.3. The van der Waals surface area contributed by atoms with Gasteiger partial charge in [0.25, 0.3) is 0 Å². The van der Waals surface area contributed by atoms with E-state index in [2.05, 4.69) is 20.9 Å². The lowest BCUT2D eigenvalue weighted by Gasteiger charge is -2.14. The van der Waals surface area contributed by atoms with E-state index in [4.69, 9.17) is 14.7 Å². The summed E-state index contributed by atoms with van der Waals surface area (Å²) in [4.78, 5) is 3.93. The Labute approximate surface area is 126 Å². The van der Waals surface area contributed by atoms with E-state index in [0.717, 1.165) is 11.1 Å². The van der Waals surface area contributed by atoms with Crippen LogP contribution in [0.4, 0.5) is 0 Å². The van der Waals surface area contributed by atoms with Gasteiger partial charge >= 0.3 is 0 Å². The second-order valence-electron chi connectivity index (χ2n) is 4.03. The van der Waals surface area contributed by atoms with Gasteiger partial charge in [0.15, 0.2) is 11.5 Å². The van der Waals surface area contributed by atoms with E-state index in [1.807, 2.05) is 30.3 Å². The van der Waals surface area contributed by atoms with Crippen LogP contribution in [-0.2, 0) is 11.9 Å². The predicted molar refractivity (Wildman–Crippen MR) is 78.9 cm³/mol. The molecule has 0 saturated carbocycles. The van der Waals surface area contributed by atoms with Gasteiger partial charge in [0.1, 0.15) is 18.4 Å². The number of hydrogen-bond acceptors (Lipinski definition) is 4. The number of methoxy groups -OCH3 is 1. The summed E-state index contributed by atoms with van der Waals surface area (Å²) in [6.45, 7) is 0.359. The molecule has 0 unspecified atom stereocenters. The molecule has 0 spiro atoms. The number of para-hydroxylation sites is 1. The summed E-state index contributed by atoms with van der Waals surface area (Å²) in [6.07, 6.45) is 1.60. The highest BCUT2D eigenvalue weighted by Crippen LogP contribution is 2.33. The lowest BCUT2D eigenvalue weighted by atomic mass is 10.2. The van der Waals surface area contributed by atoms with Crippen LogP contribution >= 0.6 is 15.9 Å². The van der Waals surface area contributed by atoms with E-state index in [0.29, 0.717) is 29.1 Å². The quantitative estimate of drug-likeness (QED) is 0.787. The second kappa shape index (κ2) is 6.92. The molecule has 0 amide bonds. The number of nitrogens with zero attached hydrogens (tertiary/aromatic N) is 2. The monoisotopic (exact) mass is 332 g/mol. The minimum atomic E-state index is 0.359. The Kier molecular flexibility index (Phi) is 4.97. The minimum absolute atomic E-state index is 0.359. The van der Waals surface area contributed by atoms with E-state index < -0.39 is 0 Å². The Morgan fingerprint density at radius 3 is 2.90 bits per heavy atom. The lowest BCUT2D eigenvalue weighted by molar-refractivity contribution is 0.282. The van der Waals surface area contributed by atoms with Crippen LogP contribution in [0.1, 0.15) is 16.8 Å². The maximum absolute atomic E-state index is 8.83. The van der Waals surface area contributed by atoms with Crippen molar-refractivity contribution in [3.05, 3.63) is 53.3 Å². The van der Waals surface area contributed by atoms with Crippen LogP contribution in [-0.4, -0.2) is 12.1 Å². The van der Waals surface area contributed by atoms with Crippen LogP contribution < -0.4 is 9.47 Å². The number of rotatable bonds is 5. The van der Waals surface area contributed by atoms with E-state index in [9.17, 15) is 0 Å². The van der Waals surface area contributed by atoms with E-state index >= 15 is 0 Å². The van der Waals surface area contributed by atoms with E-state index in [-0.39, 0.29) is 0 Å². The molecule has 0 aliphatic rings. The molecule has 0 N–H and O–H groups in total. The number of pyridine rings is 1. The third-order valence-electron chi connectivity index (χ3n) is 2.75. The van der Waals surface area contributed by atoms with Gasteiger partial charge < -0.3 is 9.47 Å². The molecule has 0 aliphatic heterocycles. The molecule has 1 heterocycles. The molecule has 1 aromatic carbocycles. The zero-order chi connectivity index (χ0) is 14.4. The van der Waals surface area contributed by atoms with Crippen molar-refractivity contribution in [2.75, 3.05) is 7.11 Å². The number of alkyl halides is 1. The van der Waals surface area contributed by atoms with Gasteiger partial charge in [-0.3, -0.25) is 0 Å². The number of ether oxygens (including phenoxy) is 2. The number of hydrogen-bond donors (Lipinski definition) is 0. The summed E-state index contributed by atoms with van der Waals surface area (Å²) in [7, 11) is 1.61. The highest BCUT2D eigenvalue weighted by atomic mass is 79.9. The topological polar surface area (TPSA) is 55.1 Å². The third kappa shape index (κ3) is 3.28. The van der Waals surface area contributed by atoms with Gasteiger partial charge in [0, 0.05) is 17.1 Å². The van der Waals surface area contributed by atoms with Crippen molar-refractivity contribution in [2.24, 2.45) is 0 Å². The van der Waals surface area contributed by atoms with Crippen LogP contribution in [0.15, 0.2) is 36.5 Å². The Balaban J connectivity index is 2.20. The fourth-order valence-corrected chi connectivity index (χ4v) is 2.21. The SMILES string of the molecule is COc1cccc(CBr)c1OCc1ccnc(C#N)c1. The van der Waals surface area contributed by atoms with Crippen LogP contribution in [0.25, 0.3) is 0 Å². The van der Waals surface area contributed by atoms with Crippen molar-refractivity contribution in [3.63, 3.8) is 0 Å². The van der Waals surface area contributed by atoms with Gasteiger partial charge in [-0.2, -0.15) is 5.26 Å². The van der Waals surface area contributed by atoms with E-state index in [1.165, 1.54) is 0 Å². The van der Waals surface area contributed by atoms with Crippen molar-refractivity contribution < 1.29 is 9.47 Å². The Morgan fingerprint density at radius 1 is 1.35 bits per heavy atom.